The number of carboxylic acid groups (broad SMARTS) is 1. The Morgan fingerprint density at radius 2 is 1.86 bits per heavy atom. The third kappa shape index (κ3) is 4.34. The molecule has 28 heavy (non-hydrogen) atoms. The van der Waals surface area contributed by atoms with Crippen LogP contribution in [0.2, 0.25) is 0 Å². The molecule has 0 saturated carbocycles. The molecule has 1 aliphatic rings. The summed E-state index contributed by atoms with van der Waals surface area (Å²) < 4.78 is 10.7. The number of hydrogen-bond acceptors (Lipinski definition) is 5. The first-order valence-corrected chi connectivity index (χ1v) is 9.01. The lowest BCUT2D eigenvalue weighted by Gasteiger charge is -2.16. The number of amides is 1. The molecule has 8 heteroatoms. The van der Waals surface area contributed by atoms with E-state index in [-0.39, 0.29) is 23.2 Å². The quantitative estimate of drug-likeness (QED) is 0.688. The SMILES string of the molecule is CCOc1ccc(N2C(=O)C(Cc3ccccc3OCC(=O)O)=NC2=S)cc1. The van der Waals surface area contributed by atoms with Gasteiger partial charge in [-0.3, -0.25) is 9.69 Å². The minimum Gasteiger partial charge on any atom is -0.494 e. The van der Waals surface area contributed by atoms with Gasteiger partial charge < -0.3 is 14.6 Å². The lowest BCUT2D eigenvalue weighted by Crippen LogP contribution is -2.33. The van der Waals surface area contributed by atoms with Gasteiger partial charge in [0.05, 0.1) is 12.3 Å². The summed E-state index contributed by atoms with van der Waals surface area (Å²) in [5.41, 5.74) is 1.53. The Balaban J connectivity index is 1.77. The maximum atomic E-state index is 12.9. The predicted octanol–water partition coefficient (Wildman–Crippen LogP) is 2.86. The Kier molecular flexibility index (Phi) is 6.00. The number of aliphatic imine (C=N–C) groups is 1. The van der Waals surface area contributed by atoms with E-state index in [1.54, 1.807) is 48.5 Å². The van der Waals surface area contributed by atoms with Crippen molar-refractivity contribution >= 4 is 40.6 Å². The van der Waals surface area contributed by atoms with E-state index in [1.165, 1.54) is 4.90 Å². The van der Waals surface area contributed by atoms with Crippen molar-refractivity contribution in [1.29, 1.82) is 0 Å². The van der Waals surface area contributed by atoms with Crippen LogP contribution in [-0.4, -0.2) is 41.0 Å². The fourth-order valence-corrected chi connectivity index (χ4v) is 3.04. The van der Waals surface area contributed by atoms with Crippen LogP contribution >= 0.6 is 12.2 Å². The molecule has 0 saturated heterocycles. The smallest absolute Gasteiger partial charge is 0.341 e. The number of rotatable bonds is 8. The zero-order valence-corrected chi connectivity index (χ0v) is 15.9. The molecule has 2 aromatic rings. The summed E-state index contributed by atoms with van der Waals surface area (Å²) in [5, 5.41) is 8.97. The Bertz CT molecular complexity index is 940. The number of anilines is 1. The van der Waals surface area contributed by atoms with Crippen LogP contribution in [0, 0.1) is 0 Å². The first-order chi connectivity index (χ1) is 13.5. The highest BCUT2D eigenvalue weighted by molar-refractivity contribution is 7.80. The average Bonchev–Trinajstić information content (AvgIpc) is 2.95. The molecule has 1 amide bonds. The van der Waals surface area contributed by atoms with Crippen molar-refractivity contribution in [3.63, 3.8) is 0 Å². The van der Waals surface area contributed by atoms with Crippen LogP contribution in [0.3, 0.4) is 0 Å². The predicted molar refractivity (Wildman–Crippen MR) is 108 cm³/mol. The zero-order chi connectivity index (χ0) is 20.1. The van der Waals surface area contributed by atoms with Gasteiger partial charge in [-0.25, -0.2) is 9.79 Å². The number of nitrogens with zero attached hydrogens (tertiary/aromatic N) is 2. The van der Waals surface area contributed by atoms with E-state index in [4.69, 9.17) is 26.8 Å². The monoisotopic (exact) mass is 398 g/mol. The number of benzene rings is 2. The molecule has 1 heterocycles. The van der Waals surface area contributed by atoms with Crippen molar-refractivity contribution < 1.29 is 24.2 Å². The van der Waals surface area contributed by atoms with Gasteiger partial charge in [-0.05, 0) is 49.5 Å². The van der Waals surface area contributed by atoms with Gasteiger partial charge in [0.15, 0.2) is 6.61 Å². The third-order valence-electron chi connectivity index (χ3n) is 3.96. The van der Waals surface area contributed by atoms with Crippen LogP contribution in [0.4, 0.5) is 5.69 Å². The van der Waals surface area contributed by atoms with E-state index in [0.717, 1.165) is 0 Å². The molecule has 0 radical (unpaired) electrons. The molecule has 0 bridgehead atoms. The molecular formula is C20H18N2O5S. The molecule has 0 atom stereocenters. The van der Waals surface area contributed by atoms with Gasteiger partial charge in [-0.2, -0.15) is 0 Å². The largest absolute Gasteiger partial charge is 0.494 e. The normalized spacial score (nSPS) is 13.5. The summed E-state index contributed by atoms with van der Waals surface area (Å²) >= 11 is 5.27. The average molecular weight is 398 g/mol. The molecule has 3 rings (SSSR count). The number of carbonyl (C=O) groups excluding carboxylic acids is 1. The summed E-state index contributed by atoms with van der Waals surface area (Å²) in [6.07, 6.45) is 0.183. The van der Waals surface area contributed by atoms with Crippen molar-refractivity contribution in [3.8, 4) is 11.5 Å². The number of carboxylic acids is 1. The van der Waals surface area contributed by atoms with Gasteiger partial charge in [0.1, 0.15) is 17.2 Å². The molecule has 1 N–H and O–H groups in total. The van der Waals surface area contributed by atoms with Gasteiger partial charge in [0, 0.05) is 12.0 Å². The van der Waals surface area contributed by atoms with E-state index in [9.17, 15) is 9.59 Å². The first kappa shape index (κ1) is 19.5. The second kappa shape index (κ2) is 8.62. The summed E-state index contributed by atoms with van der Waals surface area (Å²) in [4.78, 5) is 29.2. The zero-order valence-electron chi connectivity index (χ0n) is 15.1. The van der Waals surface area contributed by atoms with Crippen molar-refractivity contribution in [2.75, 3.05) is 18.1 Å². The third-order valence-corrected chi connectivity index (χ3v) is 4.23. The highest BCUT2D eigenvalue weighted by Gasteiger charge is 2.32. The summed E-state index contributed by atoms with van der Waals surface area (Å²) in [7, 11) is 0. The van der Waals surface area contributed by atoms with Gasteiger partial charge in [-0.15, -0.1) is 0 Å². The molecule has 1 aliphatic heterocycles. The number of aliphatic carboxylic acids is 1. The van der Waals surface area contributed by atoms with E-state index in [1.807, 2.05) is 6.92 Å². The van der Waals surface area contributed by atoms with Gasteiger partial charge >= 0.3 is 5.97 Å². The van der Waals surface area contributed by atoms with Crippen molar-refractivity contribution in [3.05, 3.63) is 54.1 Å². The van der Waals surface area contributed by atoms with Crippen molar-refractivity contribution in [1.82, 2.24) is 0 Å². The molecule has 0 aliphatic carbocycles. The van der Waals surface area contributed by atoms with Crippen LogP contribution < -0.4 is 14.4 Å². The molecule has 0 unspecified atom stereocenters. The molecule has 0 fully saturated rings. The van der Waals surface area contributed by atoms with Gasteiger partial charge in [-0.1, -0.05) is 18.2 Å². The van der Waals surface area contributed by atoms with E-state index < -0.39 is 12.6 Å². The second-order valence-corrected chi connectivity index (χ2v) is 6.24. The maximum Gasteiger partial charge on any atom is 0.341 e. The Hall–Kier alpha value is -3.26. The van der Waals surface area contributed by atoms with Crippen LogP contribution in [0.1, 0.15) is 12.5 Å². The van der Waals surface area contributed by atoms with Crippen molar-refractivity contribution in [2.24, 2.45) is 4.99 Å². The second-order valence-electron chi connectivity index (χ2n) is 5.88. The lowest BCUT2D eigenvalue weighted by atomic mass is 10.1. The summed E-state index contributed by atoms with van der Waals surface area (Å²) in [6, 6.07) is 14.0. The molecule has 7 nitrogen and oxygen atoms in total. The highest BCUT2D eigenvalue weighted by atomic mass is 32.1. The van der Waals surface area contributed by atoms with Gasteiger partial charge in [0.2, 0.25) is 5.11 Å². The van der Waals surface area contributed by atoms with Crippen LogP contribution in [-0.2, 0) is 16.0 Å². The topological polar surface area (TPSA) is 88.4 Å². The Morgan fingerprint density at radius 1 is 1.14 bits per heavy atom. The number of thiocarbonyl (C=S) groups is 1. The number of ether oxygens (including phenoxy) is 2. The van der Waals surface area contributed by atoms with Crippen LogP contribution in [0.15, 0.2) is 53.5 Å². The molecule has 2 aromatic carbocycles. The van der Waals surface area contributed by atoms with Crippen LogP contribution in [0.5, 0.6) is 11.5 Å². The first-order valence-electron chi connectivity index (χ1n) is 8.61. The number of hydrogen-bond donors (Lipinski definition) is 1. The van der Waals surface area contributed by atoms with Gasteiger partial charge in [0.25, 0.3) is 5.91 Å². The van der Waals surface area contributed by atoms with E-state index in [2.05, 4.69) is 4.99 Å². The molecule has 0 aromatic heterocycles. The minimum absolute atomic E-state index is 0.160. The van der Waals surface area contributed by atoms with E-state index in [0.29, 0.717) is 29.4 Å². The standard InChI is InChI=1S/C20H18N2O5S/c1-2-26-15-9-7-14(8-10-15)22-19(25)16(21-20(22)28)11-13-5-3-4-6-17(13)27-12-18(23)24/h3-10H,2,11-12H2,1H3,(H,23,24). The Labute approximate surface area is 167 Å². The van der Waals surface area contributed by atoms with Crippen molar-refractivity contribution in [2.45, 2.75) is 13.3 Å². The minimum atomic E-state index is -1.08. The highest BCUT2D eigenvalue weighted by Crippen LogP contribution is 2.26. The Morgan fingerprint density at radius 3 is 2.54 bits per heavy atom. The fraction of sp³-hybridized carbons (Fsp3) is 0.200. The number of carbonyl (C=O) groups is 2. The van der Waals surface area contributed by atoms with E-state index >= 15 is 0 Å². The number of para-hydroxylation sites is 1. The molecular weight excluding hydrogens is 380 g/mol. The summed E-state index contributed by atoms with van der Waals surface area (Å²) in [6.45, 7) is 1.98. The molecule has 0 spiro atoms. The van der Waals surface area contributed by atoms with Crippen LogP contribution in [0.25, 0.3) is 0 Å². The summed E-state index contributed by atoms with van der Waals surface area (Å²) in [5.74, 6) is -0.297. The maximum absolute atomic E-state index is 12.9. The molecule has 144 valence electrons. The fourth-order valence-electron chi connectivity index (χ4n) is 2.74. The lowest BCUT2D eigenvalue weighted by molar-refractivity contribution is -0.139.